The molecule has 2 N–H and O–H groups in total. The van der Waals surface area contributed by atoms with E-state index in [1.165, 1.54) is 11.4 Å². The van der Waals surface area contributed by atoms with Gasteiger partial charge in [0.05, 0.1) is 12.0 Å². The van der Waals surface area contributed by atoms with E-state index in [1.807, 2.05) is 6.33 Å². The molecule has 1 unspecified atom stereocenters. The number of nitrogens with two attached hydrogens (primary N) is 1. The van der Waals surface area contributed by atoms with Gasteiger partial charge in [0, 0.05) is 24.7 Å². The zero-order valence-electron chi connectivity index (χ0n) is 7.62. The Morgan fingerprint density at radius 2 is 2.42 bits per heavy atom. The van der Waals surface area contributed by atoms with Gasteiger partial charge in [0.15, 0.2) is 0 Å². The average molecular weight is 165 g/mol. The molecule has 0 aliphatic carbocycles. The van der Waals surface area contributed by atoms with Gasteiger partial charge in [-0.1, -0.05) is 13.8 Å². The second-order valence-corrected chi connectivity index (χ2v) is 3.85. The van der Waals surface area contributed by atoms with E-state index in [4.69, 9.17) is 5.73 Å². The van der Waals surface area contributed by atoms with Gasteiger partial charge >= 0.3 is 0 Å². The van der Waals surface area contributed by atoms with Gasteiger partial charge in [-0.15, -0.1) is 0 Å². The van der Waals surface area contributed by atoms with E-state index in [0.717, 1.165) is 13.0 Å². The molecule has 2 heterocycles. The molecule has 1 aliphatic heterocycles. The maximum atomic E-state index is 5.85. The first-order valence-electron chi connectivity index (χ1n) is 4.48. The number of nitrogens with zero attached hydrogens (tertiary/aromatic N) is 2. The van der Waals surface area contributed by atoms with Crippen LogP contribution >= 0.6 is 0 Å². The Balaban J connectivity index is 2.37. The van der Waals surface area contributed by atoms with Crippen LogP contribution < -0.4 is 5.73 Å². The number of rotatable bonds is 1. The molecule has 66 valence electrons. The van der Waals surface area contributed by atoms with Gasteiger partial charge in [-0.25, -0.2) is 4.98 Å². The molecule has 1 aliphatic rings. The van der Waals surface area contributed by atoms with Gasteiger partial charge in [-0.3, -0.25) is 0 Å². The lowest BCUT2D eigenvalue weighted by molar-refractivity contribution is 0.635. The van der Waals surface area contributed by atoms with Crippen LogP contribution in [0.15, 0.2) is 6.33 Å². The van der Waals surface area contributed by atoms with Crippen molar-refractivity contribution in [3.8, 4) is 0 Å². The minimum absolute atomic E-state index is 0.306. The summed E-state index contributed by atoms with van der Waals surface area (Å²) in [7, 11) is 0. The predicted octanol–water partition coefficient (Wildman–Crippen LogP) is 0.890. The van der Waals surface area contributed by atoms with E-state index in [0.29, 0.717) is 12.0 Å². The van der Waals surface area contributed by atoms with E-state index in [-0.39, 0.29) is 0 Å². The summed E-state index contributed by atoms with van der Waals surface area (Å²) in [5, 5.41) is 0. The molecule has 0 radical (unpaired) electrons. The van der Waals surface area contributed by atoms with E-state index >= 15 is 0 Å². The Morgan fingerprint density at radius 3 is 3.08 bits per heavy atom. The van der Waals surface area contributed by atoms with Gasteiger partial charge < -0.3 is 10.3 Å². The number of imidazole rings is 1. The van der Waals surface area contributed by atoms with Crippen molar-refractivity contribution in [1.29, 1.82) is 0 Å². The van der Waals surface area contributed by atoms with E-state index in [9.17, 15) is 0 Å². The largest absolute Gasteiger partial charge is 0.333 e. The lowest BCUT2D eigenvalue weighted by Gasteiger charge is -2.02. The molecule has 12 heavy (non-hydrogen) atoms. The SMILES string of the molecule is CC(C)c1ncn2c1CC(N)C2. The third kappa shape index (κ3) is 1.05. The fourth-order valence-electron chi connectivity index (χ4n) is 1.85. The monoisotopic (exact) mass is 165 g/mol. The van der Waals surface area contributed by atoms with Crippen molar-refractivity contribution < 1.29 is 0 Å². The van der Waals surface area contributed by atoms with Crippen LogP contribution in [0.25, 0.3) is 0 Å². The number of hydrogen-bond acceptors (Lipinski definition) is 2. The molecular formula is C9H15N3. The highest BCUT2D eigenvalue weighted by atomic mass is 15.1. The van der Waals surface area contributed by atoms with Gasteiger partial charge in [-0.2, -0.15) is 0 Å². The van der Waals surface area contributed by atoms with E-state index in [1.54, 1.807) is 0 Å². The predicted molar refractivity (Wildman–Crippen MR) is 48.0 cm³/mol. The molecular weight excluding hydrogens is 150 g/mol. The Labute approximate surface area is 72.6 Å². The molecule has 0 aromatic carbocycles. The van der Waals surface area contributed by atoms with Crippen LogP contribution in [0.5, 0.6) is 0 Å². The van der Waals surface area contributed by atoms with Crippen molar-refractivity contribution in [3.63, 3.8) is 0 Å². The topological polar surface area (TPSA) is 43.8 Å². The van der Waals surface area contributed by atoms with Gasteiger partial charge in [0.2, 0.25) is 0 Å². The third-order valence-corrected chi connectivity index (χ3v) is 2.41. The molecule has 0 spiro atoms. The molecule has 1 aromatic heterocycles. The smallest absolute Gasteiger partial charge is 0.0952 e. The second-order valence-electron chi connectivity index (χ2n) is 3.85. The Kier molecular flexibility index (Phi) is 1.68. The lowest BCUT2D eigenvalue weighted by Crippen LogP contribution is -2.20. The summed E-state index contributed by atoms with van der Waals surface area (Å²) in [5.41, 5.74) is 8.42. The van der Waals surface area contributed by atoms with Crippen LogP contribution in [0.1, 0.15) is 31.2 Å². The normalized spacial score (nSPS) is 21.8. The number of fused-ring (bicyclic) bond motifs is 1. The molecule has 1 aromatic rings. The minimum Gasteiger partial charge on any atom is -0.333 e. The first-order chi connectivity index (χ1) is 5.68. The van der Waals surface area contributed by atoms with Crippen LogP contribution in [0.3, 0.4) is 0 Å². The molecule has 0 amide bonds. The zero-order valence-corrected chi connectivity index (χ0v) is 7.62. The van der Waals surface area contributed by atoms with Crippen molar-refractivity contribution in [2.45, 2.75) is 38.8 Å². The fourth-order valence-corrected chi connectivity index (χ4v) is 1.85. The molecule has 2 rings (SSSR count). The fraction of sp³-hybridized carbons (Fsp3) is 0.667. The van der Waals surface area contributed by atoms with Crippen molar-refractivity contribution in [2.75, 3.05) is 0 Å². The summed E-state index contributed by atoms with van der Waals surface area (Å²) >= 11 is 0. The van der Waals surface area contributed by atoms with Crippen LogP contribution in [-0.4, -0.2) is 15.6 Å². The quantitative estimate of drug-likeness (QED) is 0.671. The number of aromatic nitrogens is 2. The first-order valence-corrected chi connectivity index (χ1v) is 4.48. The third-order valence-electron chi connectivity index (χ3n) is 2.41. The van der Waals surface area contributed by atoms with Crippen LogP contribution in [0.4, 0.5) is 0 Å². The highest BCUT2D eigenvalue weighted by Crippen LogP contribution is 2.23. The van der Waals surface area contributed by atoms with E-state index in [2.05, 4.69) is 23.4 Å². The molecule has 0 saturated carbocycles. The molecule has 0 saturated heterocycles. The van der Waals surface area contributed by atoms with Crippen molar-refractivity contribution >= 4 is 0 Å². The maximum Gasteiger partial charge on any atom is 0.0952 e. The highest BCUT2D eigenvalue weighted by Gasteiger charge is 2.22. The highest BCUT2D eigenvalue weighted by molar-refractivity contribution is 5.21. The average Bonchev–Trinajstić information content (AvgIpc) is 2.43. The Bertz CT molecular complexity index is 288. The molecule has 0 fully saturated rings. The zero-order chi connectivity index (χ0) is 8.72. The first kappa shape index (κ1) is 7.80. The summed E-state index contributed by atoms with van der Waals surface area (Å²) in [6.07, 6.45) is 2.91. The molecule has 3 nitrogen and oxygen atoms in total. The maximum absolute atomic E-state index is 5.85. The van der Waals surface area contributed by atoms with Crippen LogP contribution in [0, 0.1) is 0 Å². The van der Waals surface area contributed by atoms with Crippen LogP contribution in [0.2, 0.25) is 0 Å². The standard InChI is InChI=1S/C9H15N3/c1-6(2)9-8-3-7(10)4-12(8)5-11-9/h5-7H,3-4,10H2,1-2H3. The lowest BCUT2D eigenvalue weighted by atomic mass is 10.1. The second kappa shape index (κ2) is 2.59. The molecule has 0 bridgehead atoms. The summed E-state index contributed by atoms with van der Waals surface area (Å²) in [6.45, 7) is 5.29. The number of hydrogen-bond donors (Lipinski definition) is 1. The molecule has 1 atom stereocenters. The van der Waals surface area contributed by atoms with Gasteiger partial charge in [0.25, 0.3) is 0 Å². The summed E-state index contributed by atoms with van der Waals surface area (Å²) in [4.78, 5) is 4.38. The van der Waals surface area contributed by atoms with Crippen molar-refractivity contribution in [1.82, 2.24) is 9.55 Å². The summed E-state index contributed by atoms with van der Waals surface area (Å²) in [5.74, 6) is 0.520. The van der Waals surface area contributed by atoms with Gasteiger partial charge in [0.1, 0.15) is 0 Å². The van der Waals surface area contributed by atoms with Crippen molar-refractivity contribution in [2.24, 2.45) is 5.73 Å². The van der Waals surface area contributed by atoms with Crippen LogP contribution in [-0.2, 0) is 13.0 Å². The Morgan fingerprint density at radius 1 is 1.67 bits per heavy atom. The summed E-state index contributed by atoms with van der Waals surface area (Å²) in [6, 6.07) is 0.306. The van der Waals surface area contributed by atoms with E-state index < -0.39 is 0 Å². The minimum atomic E-state index is 0.306. The van der Waals surface area contributed by atoms with Gasteiger partial charge in [-0.05, 0) is 5.92 Å². The molecule has 3 heteroatoms. The summed E-state index contributed by atoms with van der Waals surface area (Å²) < 4.78 is 2.18. The van der Waals surface area contributed by atoms with Crippen molar-refractivity contribution in [3.05, 3.63) is 17.7 Å². The Hall–Kier alpha value is -0.830.